The molecule has 0 unspecified atom stereocenters. The van der Waals surface area contributed by atoms with E-state index in [1.54, 1.807) is 11.8 Å². The van der Waals surface area contributed by atoms with Crippen molar-refractivity contribution >= 4 is 23.5 Å². The van der Waals surface area contributed by atoms with E-state index in [9.17, 15) is 14.7 Å². The molecule has 1 aliphatic carbocycles. The Bertz CT molecular complexity index is 573. The van der Waals surface area contributed by atoms with E-state index in [1.807, 2.05) is 37.4 Å². The van der Waals surface area contributed by atoms with Gasteiger partial charge in [0, 0.05) is 12.3 Å². The summed E-state index contributed by atoms with van der Waals surface area (Å²) in [6, 6.07) is 7.84. The van der Waals surface area contributed by atoms with E-state index in [-0.39, 0.29) is 30.4 Å². The Kier molecular flexibility index (Phi) is 7.97. The smallest absolute Gasteiger partial charge is 0.227 e. The first-order valence-electron chi connectivity index (χ1n) is 9.06. The molecule has 1 amide bonds. The van der Waals surface area contributed by atoms with Gasteiger partial charge in [0.05, 0.1) is 18.6 Å². The molecule has 1 fully saturated rings. The van der Waals surface area contributed by atoms with E-state index < -0.39 is 0 Å². The molecule has 25 heavy (non-hydrogen) atoms. The zero-order valence-corrected chi connectivity index (χ0v) is 16.0. The molecule has 4 nitrogen and oxygen atoms in total. The molecule has 2 N–H and O–H groups in total. The van der Waals surface area contributed by atoms with Crippen LogP contribution in [0.25, 0.3) is 0 Å². The van der Waals surface area contributed by atoms with Crippen LogP contribution in [-0.2, 0) is 16.0 Å². The van der Waals surface area contributed by atoms with Crippen LogP contribution in [0, 0.1) is 5.92 Å². The Labute approximate surface area is 154 Å². The molecule has 1 saturated carbocycles. The number of thioether (sulfide) groups is 1. The first-order chi connectivity index (χ1) is 12.0. The molecule has 1 aromatic rings. The molecular formula is C20H29NO3S. The maximum absolute atomic E-state index is 12.4. The number of benzene rings is 1. The second kappa shape index (κ2) is 9.97. The summed E-state index contributed by atoms with van der Waals surface area (Å²) < 4.78 is 0. The molecule has 2 rings (SSSR count). The van der Waals surface area contributed by atoms with Gasteiger partial charge in [-0.3, -0.25) is 9.59 Å². The number of carbonyl (C=O) groups excluding carboxylic acids is 2. The second-order valence-electron chi connectivity index (χ2n) is 6.89. The van der Waals surface area contributed by atoms with Gasteiger partial charge in [-0.1, -0.05) is 24.3 Å². The van der Waals surface area contributed by atoms with Crippen molar-refractivity contribution in [2.75, 3.05) is 18.6 Å². The molecule has 1 aromatic carbocycles. The number of nitrogens with one attached hydrogen (secondary N) is 1. The van der Waals surface area contributed by atoms with Crippen molar-refractivity contribution in [3.05, 3.63) is 35.4 Å². The van der Waals surface area contributed by atoms with Crippen molar-refractivity contribution in [3.8, 4) is 0 Å². The van der Waals surface area contributed by atoms with Gasteiger partial charge >= 0.3 is 0 Å². The second-order valence-corrected chi connectivity index (χ2v) is 7.88. The van der Waals surface area contributed by atoms with Crippen LogP contribution < -0.4 is 5.32 Å². The maximum atomic E-state index is 12.4. The number of hydrogen-bond acceptors (Lipinski definition) is 4. The SMILES string of the molecule is CSCC[C@H](CO)NC(=O)[C@H](C)c1ccc(C[C@@H]2CCCC2=O)cc1. The molecule has 0 saturated heterocycles. The fourth-order valence-electron chi connectivity index (χ4n) is 3.28. The van der Waals surface area contributed by atoms with Gasteiger partial charge in [-0.25, -0.2) is 0 Å². The van der Waals surface area contributed by atoms with Crippen LogP contribution >= 0.6 is 11.8 Å². The van der Waals surface area contributed by atoms with Crippen molar-refractivity contribution in [2.24, 2.45) is 5.92 Å². The van der Waals surface area contributed by atoms with E-state index in [0.717, 1.165) is 49.0 Å². The topological polar surface area (TPSA) is 66.4 Å². The van der Waals surface area contributed by atoms with Gasteiger partial charge in [-0.15, -0.1) is 0 Å². The largest absolute Gasteiger partial charge is 0.394 e. The lowest BCUT2D eigenvalue weighted by atomic mass is 9.94. The number of carbonyl (C=O) groups is 2. The summed E-state index contributed by atoms with van der Waals surface area (Å²) in [7, 11) is 0. The molecule has 0 radical (unpaired) electrons. The third kappa shape index (κ3) is 5.86. The molecular weight excluding hydrogens is 334 g/mol. The van der Waals surface area contributed by atoms with Crippen LogP contribution in [0.5, 0.6) is 0 Å². The first kappa shape index (κ1) is 20.0. The van der Waals surface area contributed by atoms with Crippen molar-refractivity contribution < 1.29 is 14.7 Å². The van der Waals surface area contributed by atoms with E-state index in [2.05, 4.69) is 5.32 Å². The van der Waals surface area contributed by atoms with Crippen molar-refractivity contribution in [1.29, 1.82) is 0 Å². The zero-order chi connectivity index (χ0) is 18.2. The average molecular weight is 364 g/mol. The summed E-state index contributed by atoms with van der Waals surface area (Å²) in [6.07, 6.45) is 6.33. The lowest BCUT2D eigenvalue weighted by Gasteiger charge is -2.19. The van der Waals surface area contributed by atoms with E-state index >= 15 is 0 Å². The van der Waals surface area contributed by atoms with E-state index in [1.165, 1.54) is 0 Å². The molecule has 0 spiro atoms. The standard InChI is InChI=1S/C20H29NO3S/c1-14(20(24)21-18(13-22)10-11-25-2)16-8-6-15(7-9-16)12-17-4-3-5-19(17)23/h6-9,14,17-18,22H,3-5,10-13H2,1-2H3,(H,21,24)/t14-,17+,18-/m1/s1. The summed E-state index contributed by atoms with van der Waals surface area (Å²) in [5.41, 5.74) is 2.12. The molecule has 0 aliphatic heterocycles. The molecule has 0 bridgehead atoms. The zero-order valence-electron chi connectivity index (χ0n) is 15.2. The quantitative estimate of drug-likeness (QED) is 0.708. The number of aliphatic hydroxyl groups excluding tert-OH is 1. The van der Waals surface area contributed by atoms with Crippen molar-refractivity contribution in [1.82, 2.24) is 5.32 Å². The van der Waals surface area contributed by atoms with E-state index in [0.29, 0.717) is 5.78 Å². The Morgan fingerprint density at radius 3 is 2.64 bits per heavy atom. The van der Waals surface area contributed by atoms with Crippen LogP contribution in [0.3, 0.4) is 0 Å². The molecule has 0 aromatic heterocycles. The Morgan fingerprint density at radius 2 is 2.08 bits per heavy atom. The molecule has 5 heteroatoms. The summed E-state index contributed by atoms with van der Waals surface area (Å²) in [6.45, 7) is 1.85. The van der Waals surface area contributed by atoms with Crippen LogP contribution in [-0.4, -0.2) is 41.5 Å². The number of Topliss-reactive ketones (excluding diaryl/α,β-unsaturated/α-hetero) is 1. The highest BCUT2D eigenvalue weighted by molar-refractivity contribution is 7.98. The number of aliphatic hydroxyl groups is 1. The van der Waals surface area contributed by atoms with Crippen molar-refractivity contribution in [2.45, 2.75) is 51.0 Å². The van der Waals surface area contributed by atoms with Crippen LogP contribution in [0.1, 0.15) is 49.7 Å². The third-order valence-corrected chi connectivity index (χ3v) is 5.67. The molecule has 0 heterocycles. The Hall–Kier alpha value is -1.33. The van der Waals surface area contributed by atoms with Gasteiger partial charge in [0.2, 0.25) is 5.91 Å². The normalized spacial score (nSPS) is 19.6. The van der Waals surface area contributed by atoms with Crippen LogP contribution in [0.4, 0.5) is 0 Å². The average Bonchev–Trinajstić information content (AvgIpc) is 3.03. The van der Waals surface area contributed by atoms with Gasteiger partial charge in [0.1, 0.15) is 5.78 Å². The van der Waals surface area contributed by atoms with E-state index in [4.69, 9.17) is 0 Å². The minimum atomic E-state index is -0.259. The maximum Gasteiger partial charge on any atom is 0.227 e. The highest BCUT2D eigenvalue weighted by atomic mass is 32.2. The summed E-state index contributed by atoms with van der Waals surface area (Å²) in [4.78, 5) is 24.2. The lowest BCUT2D eigenvalue weighted by molar-refractivity contribution is -0.123. The lowest BCUT2D eigenvalue weighted by Crippen LogP contribution is -2.40. The molecule has 1 aliphatic rings. The monoisotopic (exact) mass is 363 g/mol. The summed E-state index contributed by atoms with van der Waals surface area (Å²) in [5, 5.41) is 12.3. The summed E-state index contributed by atoms with van der Waals surface area (Å²) in [5.74, 6) is 1.16. The number of amides is 1. The van der Waals surface area contributed by atoms with Gasteiger partial charge in [0.25, 0.3) is 0 Å². The van der Waals surface area contributed by atoms with Gasteiger partial charge in [-0.05, 0) is 55.7 Å². The predicted octanol–water partition coefficient (Wildman–Crippen LogP) is 2.93. The first-order valence-corrected chi connectivity index (χ1v) is 10.5. The molecule has 138 valence electrons. The Morgan fingerprint density at radius 1 is 1.36 bits per heavy atom. The minimum Gasteiger partial charge on any atom is -0.394 e. The number of rotatable bonds is 9. The highest BCUT2D eigenvalue weighted by Crippen LogP contribution is 2.26. The fourth-order valence-corrected chi connectivity index (χ4v) is 3.80. The molecule has 3 atom stereocenters. The highest BCUT2D eigenvalue weighted by Gasteiger charge is 2.24. The Balaban J connectivity index is 1.91. The van der Waals surface area contributed by atoms with Gasteiger partial charge < -0.3 is 10.4 Å². The fraction of sp³-hybridized carbons (Fsp3) is 0.600. The number of hydrogen-bond donors (Lipinski definition) is 2. The third-order valence-electron chi connectivity index (χ3n) is 5.02. The predicted molar refractivity (Wildman–Crippen MR) is 103 cm³/mol. The van der Waals surface area contributed by atoms with Crippen LogP contribution in [0.2, 0.25) is 0 Å². The van der Waals surface area contributed by atoms with Gasteiger partial charge in [-0.2, -0.15) is 11.8 Å². The van der Waals surface area contributed by atoms with Crippen molar-refractivity contribution in [3.63, 3.8) is 0 Å². The van der Waals surface area contributed by atoms with Gasteiger partial charge in [0.15, 0.2) is 0 Å². The van der Waals surface area contributed by atoms with Crippen LogP contribution in [0.15, 0.2) is 24.3 Å². The number of ketones is 1. The summed E-state index contributed by atoms with van der Waals surface area (Å²) >= 11 is 1.71. The minimum absolute atomic E-state index is 0.0344.